The van der Waals surface area contributed by atoms with Gasteiger partial charge in [0.1, 0.15) is 6.54 Å². The Bertz CT molecular complexity index is 1290. The number of hydrogen-bond acceptors (Lipinski definition) is 5. The zero-order valence-corrected chi connectivity index (χ0v) is 24.9. The van der Waals surface area contributed by atoms with Gasteiger partial charge in [0.25, 0.3) is 11.6 Å². The Morgan fingerprint density at radius 1 is 1.05 bits per heavy atom. The number of aryl methyl sites for hydroxylation is 1. The maximum absolute atomic E-state index is 13.7. The number of ether oxygens (including phenoxy) is 1. The minimum Gasteiger partial charge on any atom is -0.385 e. The molecule has 1 aromatic heterocycles. The molecule has 0 saturated carbocycles. The van der Waals surface area contributed by atoms with E-state index >= 15 is 0 Å². The standard InChI is InChI=1S/C30H37BrN4O5/c1-4-5-15-33(21-27-8-6-16-32(27)20-24-10-13-26(31)14-11-24)29(36)22-34(17-7-18-40-3)30(37)25-12-9-23(2)28(19-25)35(38)39/h6,8-14,16,19H,4-5,7,15,17-18,20-22H2,1-3H3. The molecule has 0 radical (unpaired) electrons. The molecule has 0 spiro atoms. The first-order valence-corrected chi connectivity index (χ1v) is 14.2. The number of nitro benzene ring substituents is 1. The molecule has 0 unspecified atom stereocenters. The van der Waals surface area contributed by atoms with E-state index in [9.17, 15) is 19.7 Å². The molecule has 0 fully saturated rings. The molecule has 9 nitrogen and oxygen atoms in total. The highest BCUT2D eigenvalue weighted by atomic mass is 79.9. The van der Waals surface area contributed by atoms with E-state index in [1.165, 1.54) is 11.0 Å². The fourth-order valence-corrected chi connectivity index (χ4v) is 4.67. The summed E-state index contributed by atoms with van der Waals surface area (Å²) in [5, 5.41) is 11.5. The van der Waals surface area contributed by atoms with Crippen LogP contribution < -0.4 is 0 Å². The van der Waals surface area contributed by atoms with E-state index in [1.54, 1.807) is 31.1 Å². The smallest absolute Gasteiger partial charge is 0.273 e. The molecule has 214 valence electrons. The minimum absolute atomic E-state index is 0.120. The normalized spacial score (nSPS) is 10.9. The van der Waals surface area contributed by atoms with Crippen molar-refractivity contribution < 1.29 is 19.2 Å². The molecule has 3 aromatic rings. The summed E-state index contributed by atoms with van der Waals surface area (Å²) >= 11 is 3.47. The van der Waals surface area contributed by atoms with Gasteiger partial charge < -0.3 is 19.1 Å². The molecule has 0 aliphatic rings. The van der Waals surface area contributed by atoms with Crippen LogP contribution >= 0.6 is 15.9 Å². The van der Waals surface area contributed by atoms with E-state index in [0.717, 1.165) is 28.6 Å². The molecule has 0 saturated heterocycles. The molecule has 0 N–H and O–H groups in total. The van der Waals surface area contributed by atoms with Crippen molar-refractivity contribution in [3.05, 3.63) is 97.8 Å². The van der Waals surface area contributed by atoms with Gasteiger partial charge in [-0.2, -0.15) is 0 Å². The monoisotopic (exact) mass is 612 g/mol. The Morgan fingerprint density at radius 2 is 1.77 bits per heavy atom. The number of carbonyl (C=O) groups is 2. The zero-order chi connectivity index (χ0) is 29.1. The first-order chi connectivity index (χ1) is 19.2. The Morgan fingerprint density at radius 3 is 2.45 bits per heavy atom. The second kappa shape index (κ2) is 15.3. The second-order valence-electron chi connectivity index (χ2n) is 9.75. The van der Waals surface area contributed by atoms with Crippen LogP contribution in [0.1, 0.15) is 53.4 Å². The first-order valence-electron chi connectivity index (χ1n) is 13.4. The summed E-state index contributed by atoms with van der Waals surface area (Å²) in [6.45, 7) is 5.96. The molecular weight excluding hydrogens is 576 g/mol. The summed E-state index contributed by atoms with van der Waals surface area (Å²) in [6.07, 6.45) is 4.30. The first kappa shape index (κ1) is 31.0. The quantitative estimate of drug-likeness (QED) is 0.122. The molecule has 3 rings (SSSR count). The molecule has 10 heteroatoms. The van der Waals surface area contributed by atoms with Crippen molar-refractivity contribution in [1.82, 2.24) is 14.4 Å². The third-order valence-corrected chi connectivity index (χ3v) is 7.25. The van der Waals surface area contributed by atoms with Gasteiger partial charge >= 0.3 is 0 Å². The summed E-state index contributed by atoms with van der Waals surface area (Å²) < 4.78 is 8.31. The maximum Gasteiger partial charge on any atom is 0.273 e. The van der Waals surface area contributed by atoms with Crippen molar-refractivity contribution in [2.45, 2.75) is 46.2 Å². The summed E-state index contributed by atoms with van der Waals surface area (Å²) in [7, 11) is 1.58. The highest BCUT2D eigenvalue weighted by molar-refractivity contribution is 9.10. The third-order valence-electron chi connectivity index (χ3n) is 6.72. The Kier molecular flexibility index (Phi) is 11.9. The summed E-state index contributed by atoms with van der Waals surface area (Å²) in [6, 6.07) is 16.5. The van der Waals surface area contributed by atoms with E-state index in [0.29, 0.717) is 44.8 Å². The van der Waals surface area contributed by atoms with Gasteiger partial charge in [0, 0.05) is 66.9 Å². The number of carbonyl (C=O) groups excluding carboxylic acids is 2. The predicted octanol–water partition coefficient (Wildman–Crippen LogP) is 5.82. The van der Waals surface area contributed by atoms with Crippen LogP contribution in [-0.2, 0) is 22.6 Å². The number of hydrogen-bond donors (Lipinski definition) is 0. The molecule has 1 heterocycles. The van der Waals surface area contributed by atoms with Gasteiger partial charge in [-0.1, -0.05) is 47.5 Å². The molecule has 2 aromatic carbocycles. The number of nitro groups is 1. The molecule has 0 aliphatic carbocycles. The minimum atomic E-state index is -0.498. The summed E-state index contributed by atoms with van der Waals surface area (Å²) in [5.74, 6) is -0.584. The van der Waals surface area contributed by atoms with Gasteiger partial charge in [-0.3, -0.25) is 19.7 Å². The van der Waals surface area contributed by atoms with Crippen molar-refractivity contribution in [2.75, 3.05) is 33.4 Å². The number of amides is 2. The summed E-state index contributed by atoms with van der Waals surface area (Å²) in [4.78, 5) is 41.4. The molecular formula is C30H37BrN4O5. The topological polar surface area (TPSA) is 97.9 Å². The number of unbranched alkanes of at least 4 members (excludes halogenated alkanes) is 1. The average Bonchev–Trinajstić information content (AvgIpc) is 3.37. The van der Waals surface area contributed by atoms with E-state index in [1.807, 2.05) is 30.5 Å². The Hall–Kier alpha value is -3.50. The van der Waals surface area contributed by atoms with Crippen molar-refractivity contribution in [3.8, 4) is 0 Å². The van der Waals surface area contributed by atoms with Crippen molar-refractivity contribution in [3.63, 3.8) is 0 Å². The van der Waals surface area contributed by atoms with Crippen LogP contribution in [0.3, 0.4) is 0 Å². The van der Waals surface area contributed by atoms with Gasteiger partial charge in [0.15, 0.2) is 0 Å². The number of methoxy groups -OCH3 is 1. The van der Waals surface area contributed by atoms with Crippen LogP contribution in [0.2, 0.25) is 0 Å². The van der Waals surface area contributed by atoms with Crippen LogP contribution in [0.25, 0.3) is 0 Å². The Labute approximate surface area is 244 Å². The van der Waals surface area contributed by atoms with Gasteiger partial charge in [0.05, 0.1) is 11.5 Å². The van der Waals surface area contributed by atoms with Gasteiger partial charge in [0.2, 0.25) is 5.91 Å². The molecule has 40 heavy (non-hydrogen) atoms. The number of halogens is 1. The lowest BCUT2D eigenvalue weighted by Crippen LogP contribution is -2.44. The fraction of sp³-hybridized carbons (Fsp3) is 0.400. The van der Waals surface area contributed by atoms with Crippen LogP contribution in [0.5, 0.6) is 0 Å². The number of benzene rings is 2. The third kappa shape index (κ3) is 8.76. The lowest BCUT2D eigenvalue weighted by atomic mass is 10.1. The van der Waals surface area contributed by atoms with Crippen molar-refractivity contribution >= 4 is 33.4 Å². The van der Waals surface area contributed by atoms with E-state index in [2.05, 4.69) is 39.6 Å². The van der Waals surface area contributed by atoms with E-state index in [-0.39, 0.29) is 23.7 Å². The Balaban J connectivity index is 1.80. The fourth-order valence-electron chi connectivity index (χ4n) is 4.41. The SMILES string of the molecule is CCCCN(Cc1cccn1Cc1ccc(Br)cc1)C(=O)CN(CCCOC)C(=O)c1ccc(C)c([N+](=O)[O-])c1. The highest BCUT2D eigenvalue weighted by Gasteiger charge is 2.24. The predicted molar refractivity (Wildman–Crippen MR) is 158 cm³/mol. The van der Waals surface area contributed by atoms with Crippen LogP contribution in [0, 0.1) is 17.0 Å². The summed E-state index contributed by atoms with van der Waals surface area (Å²) in [5.41, 5.74) is 2.68. The van der Waals surface area contributed by atoms with E-state index in [4.69, 9.17) is 4.74 Å². The van der Waals surface area contributed by atoms with Crippen LogP contribution in [-0.4, -0.2) is 64.5 Å². The van der Waals surface area contributed by atoms with Crippen molar-refractivity contribution in [2.24, 2.45) is 0 Å². The highest BCUT2D eigenvalue weighted by Crippen LogP contribution is 2.21. The molecule has 0 bridgehead atoms. The molecule has 0 atom stereocenters. The van der Waals surface area contributed by atoms with Gasteiger partial charge in [-0.15, -0.1) is 0 Å². The maximum atomic E-state index is 13.7. The van der Waals surface area contributed by atoms with Gasteiger partial charge in [-0.25, -0.2) is 0 Å². The number of rotatable bonds is 15. The zero-order valence-electron chi connectivity index (χ0n) is 23.3. The second-order valence-corrected chi connectivity index (χ2v) is 10.7. The number of aromatic nitrogens is 1. The molecule has 0 aliphatic heterocycles. The average molecular weight is 614 g/mol. The lowest BCUT2D eigenvalue weighted by molar-refractivity contribution is -0.385. The lowest BCUT2D eigenvalue weighted by Gasteiger charge is -2.28. The van der Waals surface area contributed by atoms with Crippen LogP contribution in [0.4, 0.5) is 5.69 Å². The van der Waals surface area contributed by atoms with Crippen LogP contribution in [0.15, 0.2) is 65.3 Å². The number of nitrogens with zero attached hydrogens (tertiary/aromatic N) is 4. The van der Waals surface area contributed by atoms with Gasteiger partial charge in [-0.05, 0) is 55.7 Å². The van der Waals surface area contributed by atoms with E-state index < -0.39 is 10.8 Å². The van der Waals surface area contributed by atoms with Crippen molar-refractivity contribution in [1.29, 1.82) is 0 Å². The largest absolute Gasteiger partial charge is 0.385 e. The molecule has 2 amide bonds.